The van der Waals surface area contributed by atoms with E-state index in [4.69, 9.17) is 9.47 Å². The van der Waals surface area contributed by atoms with Gasteiger partial charge in [0, 0.05) is 26.4 Å². The Balaban J connectivity index is 1.25. The zero-order chi connectivity index (χ0) is 41.6. The van der Waals surface area contributed by atoms with E-state index in [1.807, 2.05) is 48.5 Å². The number of fused-ring (bicyclic) bond motifs is 2. The maximum atomic E-state index is 14.9. The van der Waals surface area contributed by atoms with E-state index in [-0.39, 0.29) is 37.1 Å². The Labute approximate surface area is 339 Å². The fourth-order valence-corrected chi connectivity index (χ4v) is 7.39. The van der Waals surface area contributed by atoms with Crippen LogP contribution in [0.4, 0.5) is 4.79 Å². The number of nitrogens with zero attached hydrogens (tertiary/aromatic N) is 2. The number of hydrogen-bond donors (Lipinski definition) is 3. The third kappa shape index (κ3) is 10.2. The second-order valence-electron chi connectivity index (χ2n) is 16.1. The summed E-state index contributed by atoms with van der Waals surface area (Å²) in [6, 6.07) is 26.3. The van der Waals surface area contributed by atoms with Crippen LogP contribution in [0.3, 0.4) is 0 Å². The van der Waals surface area contributed by atoms with Crippen LogP contribution in [0.2, 0.25) is 0 Å². The molecule has 4 atom stereocenters. The normalized spacial score (nSPS) is 17.1. The van der Waals surface area contributed by atoms with Gasteiger partial charge in [0.05, 0.1) is 11.6 Å². The molecule has 0 bridgehead atoms. The van der Waals surface area contributed by atoms with Gasteiger partial charge in [0.25, 0.3) is 0 Å². The number of aryl methyl sites for hydroxylation is 1. The summed E-state index contributed by atoms with van der Waals surface area (Å²) in [6.07, 6.45) is 2.39. The van der Waals surface area contributed by atoms with Crippen LogP contribution in [-0.2, 0) is 51.5 Å². The molecule has 6 rings (SSSR count). The number of amides is 4. The molecule has 58 heavy (non-hydrogen) atoms. The molecule has 1 aliphatic carbocycles. The van der Waals surface area contributed by atoms with E-state index >= 15 is 0 Å². The van der Waals surface area contributed by atoms with E-state index in [2.05, 4.69) is 22.8 Å². The molecule has 4 amide bonds. The Kier molecular flexibility index (Phi) is 12.8. The molecule has 0 saturated heterocycles. The van der Waals surface area contributed by atoms with Crippen molar-refractivity contribution < 1.29 is 38.6 Å². The van der Waals surface area contributed by atoms with Gasteiger partial charge in [-0.2, -0.15) is 0 Å². The molecule has 12 heteroatoms. The molecule has 0 spiro atoms. The van der Waals surface area contributed by atoms with Crippen LogP contribution in [0.25, 0.3) is 0 Å². The van der Waals surface area contributed by atoms with Gasteiger partial charge in [0.1, 0.15) is 36.1 Å². The second kappa shape index (κ2) is 18.0. The van der Waals surface area contributed by atoms with Gasteiger partial charge in [0.15, 0.2) is 0 Å². The Hall–Kier alpha value is -6.17. The van der Waals surface area contributed by atoms with E-state index in [1.54, 1.807) is 56.9 Å². The molecule has 0 fully saturated rings. The van der Waals surface area contributed by atoms with Gasteiger partial charge in [-0.3, -0.25) is 19.3 Å². The zero-order valence-corrected chi connectivity index (χ0v) is 33.7. The molecule has 12 nitrogen and oxygen atoms in total. The minimum Gasteiger partial charge on any atom is -0.489 e. The fourth-order valence-electron chi connectivity index (χ4n) is 7.39. The van der Waals surface area contributed by atoms with E-state index in [0.717, 1.165) is 47.1 Å². The van der Waals surface area contributed by atoms with E-state index in [0.29, 0.717) is 12.2 Å². The fraction of sp³-hybridized carbons (Fsp3) is 0.370. The van der Waals surface area contributed by atoms with E-state index in [9.17, 15) is 29.1 Å². The van der Waals surface area contributed by atoms with Gasteiger partial charge in [0.2, 0.25) is 17.7 Å². The first-order chi connectivity index (χ1) is 27.7. The van der Waals surface area contributed by atoms with Crippen molar-refractivity contribution in [2.24, 2.45) is 0 Å². The molecule has 4 aromatic carbocycles. The van der Waals surface area contributed by atoms with Gasteiger partial charge < -0.3 is 30.1 Å². The Morgan fingerprint density at radius 2 is 1.50 bits per heavy atom. The molecule has 304 valence electrons. The van der Waals surface area contributed by atoms with Crippen molar-refractivity contribution in [3.8, 4) is 5.75 Å². The van der Waals surface area contributed by atoms with Crippen LogP contribution in [0.15, 0.2) is 97.1 Å². The van der Waals surface area contributed by atoms with Crippen LogP contribution in [-0.4, -0.2) is 75.5 Å². The number of rotatable bonds is 12. The summed E-state index contributed by atoms with van der Waals surface area (Å²) in [5.74, 6) is -1.69. The van der Waals surface area contributed by atoms with Crippen LogP contribution in [0.5, 0.6) is 5.75 Å². The number of carboxylic acid groups (broad SMARTS) is 1. The summed E-state index contributed by atoms with van der Waals surface area (Å²) in [6.45, 7) is 7.17. The number of ether oxygens (including phenoxy) is 2. The number of carboxylic acids is 1. The third-order valence-corrected chi connectivity index (χ3v) is 10.7. The first-order valence-electron chi connectivity index (χ1n) is 19.7. The van der Waals surface area contributed by atoms with Crippen molar-refractivity contribution in [2.75, 3.05) is 7.05 Å². The average molecular weight is 789 g/mol. The summed E-state index contributed by atoms with van der Waals surface area (Å²) >= 11 is 0. The Morgan fingerprint density at radius 1 is 0.862 bits per heavy atom. The molecule has 0 radical (unpaired) electrons. The predicted octanol–water partition coefficient (Wildman–Crippen LogP) is 6.39. The van der Waals surface area contributed by atoms with Crippen LogP contribution >= 0.6 is 0 Å². The summed E-state index contributed by atoms with van der Waals surface area (Å²) in [4.78, 5) is 70.1. The Morgan fingerprint density at radius 3 is 2.17 bits per heavy atom. The minimum absolute atomic E-state index is 0.0901. The topological polar surface area (TPSA) is 155 Å². The minimum atomic E-state index is -1.10. The molecular formula is C46H52N4O8. The highest BCUT2D eigenvalue weighted by Gasteiger charge is 2.40. The number of benzene rings is 4. The van der Waals surface area contributed by atoms with Gasteiger partial charge >= 0.3 is 12.1 Å². The van der Waals surface area contributed by atoms with Crippen molar-refractivity contribution >= 4 is 29.8 Å². The quantitative estimate of drug-likeness (QED) is 0.149. The molecule has 0 aromatic heterocycles. The van der Waals surface area contributed by atoms with Crippen molar-refractivity contribution in [3.05, 3.63) is 136 Å². The summed E-state index contributed by atoms with van der Waals surface area (Å²) in [5, 5.41) is 15.4. The molecular weight excluding hydrogens is 737 g/mol. The number of hydrogen-bond acceptors (Lipinski definition) is 7. The summed E-state index contributed by atoms with van der Waals surface area (Å²) < 4.78 is 11.4. The molecule has 0 saturated carbocycles. The van der Waals surface area contributed by atoms with Crippen molar-refractivity contribution in [3.63, 3.8) is 0 Å². The van der Waals surface area contributed by atoms with E-state index in [1.165, 1.54) is 29.6 Å². The SMILES string of the molecule is CC(C(=O)NC(Cc1ccc(OCc2ccc(C(=O)O)cc2)cc1)C(=O)N1Cc2ccccc2CC1C(=O)N[C@@H]1CCCc2ccccc21)N(C)C(=O)OC(C)(C)C. The van der Waals surface area contributed by atoms with Crippen molar-refractivity contribution in [1.82, 2.24) is 20.4 Å². The predicted molar refractivity (Wildman–Crippen MR) is 218 cm³/mol. The highest BCUT2D eigenvalue weighted by molar-refractivity contribution is 5.94. The first kappa shape index (κ1) is 41.5. The lowest BCUT2D eigenvalue weighted by molar-refractivity contribution is -0.145. The van der Waals surface area contributed by atoms with Crippen molar-refractivity contribution in [1.29, 1.82) is 0 Å². The molecule has 1 heterocycles. The molecule has 4 aromatic rings. The lowest BCUT2D eigenvalue weighted by Crippen LogP contribution is -2.60. The molecule has 2 aliphatic rings. The number of carbonyl (C=O) groups is 5. The molecule has 1 aliphatic heterocycles. The zero-order valence-electron chi connectivity index (χ0n) is 33.7. The number of nitrogens with one attached hydrogen (secondary N) is 2. The molecule has 3 N–H and O–H groups in total. The van der Waals surface area contributed by atoms with Gasteiger partial charge in [-0.15, -0.1) is 0 Å². The smallest absolute Gasteiger partial charge is 0.410 e. The average Bonchev–Trinajstić information content (AvgIpc) is 3.21. The highest BCUT2D eigenvalue weighted by Crippen LogP contribution is 2.31. The van der Waals surface area contributed by atoms with Gasteiger partial charge in [-0.05, 0) is 105 Å². The lowest BCUT2D eigenvalue weighted by atomic mass is 9.87. The third-order valence-electron chi connectivity index (χ3n) is 10.7. The maximum absolute atomic E-state index is 14.9. The number of carbonyl (C=O) groups excluding carboxylic acids is 4. The highest BCUT2D eigenvalue weighted by atomic mass is 16.6. The largest absolute Gasteiger partial charge is 0.489 e. The van der Waals surface area contributed by atoms with Gasteiger partial charge in [-0.1, -0.05) is 72.8 Å². The Bertz CT molecular complexity index is 2130. The van der Waals surface area contributed by atoms with E-state index < -0.39 is 47.6 Å². The van der Waals surface area contributed by atoms with Gasteiger partial charge in [-0.25, -0.2) is 9.59 Å². The lowest BCUT2D eigenvalue weighted by Gasteiger charge is -2.39. The number of aromatic carboxylic acids is 1. The first-order valence-corrected chi connectivity index (χ1v) is 19.7. The summed E-state index contributed by atoms with van der Waals surface area (Å²) in [7, 11) is 1.47. The van der Waals surface area contributed by atoms with Crippen LogP contribution in [0.1, 0.15) is 90.3 Å². The maximum Gasteiger partial charge on any atom is 0.410 e. The molecule has 3 unspecified atom stereocenters. The summed E-state index contributed by atoms with van der Waals surface area (Å²) in [5.41, 5.74) is 5.13. The van der Waals surface area contributed by atoms with Crippen LogP contribution < -0.4 is 15.4 Å². The second-order valence-corrected chi connectivity index (χ2v) is 16.1. The standard InChI is InChI=1S/C46H52N4O8/c1-29(49(5)45(56)58-46(2,3)4)41(51)48-39(25-30-19-23-36(24-20-30)57-28-31-17-21-33(22-18-31)44(54)55)43(53)50-27-35-13-7-6-12-34(35)26-40(50)42(52)47-38-16-10-14-32-11-8-9-15-37(32)38/h6-9,11-13,15,17-24,29,38-40H,10,14,16,25-28H2,1-5H3,(H,47,52)(H,48,51)(H,54,55)/t29?,38-,39?,40?/m1/s1. The van der Waals surface area contributed by atoms with Crippen molar-refractivity contribution in [2.45, 2.75) is 103 Å². The van der Waals surface area contributed by atoms with Crippen LogP contribution in [0, 0.1) is 0 Å². The number of likely N-dealkylation sites (N-methyl/N-ethyl adjacent to an activating group) is 1. The monoisotopic (exact) mass is 788 g/mol.